The van der Waals surface area contributed by atoms with Gasteiger partial charge in [0.05, 0.1) is 6.54 Å². The minimum atomic E-state index is -0.204. The molecule has 142 valence electrons. The van der Waals surface area contributed by atoms with Gasteiger partial charge in [-0.2, -0.15) is 0 Å². The van der Waals surface area contributed by atoms with Gasteiger partial charge < -0.3 is 20.3 Å². The van der Waals surface area contributed by atoms with Gasteiger partial charge in [0.2, 0.25) is 11.8 Å². The lowest BCUT2D eigenvalue weighted by atomic mass is 9.99. The van der Waals surface area contributed by atoms with Gasteiger partial charge >= 0.3 is 0 Å². The fraction of sp³-hybridized carbons (Fsp3) is 0.600. The van der Waals surface area contributed by atoms with Crippen LogP contribution in [0, 0.1) is 11.8 Å². The first-order chi connectivity index (χ1) is 12.6. The SMILES string of the molecule is CC1CCN(c2ccc(NC(=O)CNC(=O)C3CCOCC3)cc2)CC1. The van der Waals surface area contributed by atoms with Gasteiger partial charge in [-0.1, -0.05) is 6.92 Å². The standard InChI is InChI=1S/C20H29N3O3/c1-15-6-10-23(11-7-15)18-4-2-17(3-5-18)22-19(24)14-21-20(25)16-8-12-26-13-9-16/h2-5,15-16H,6-14H2,1H3,(H,21,25)(H,22,24). The van der Waals surface area contributed by atoms with Crippen molar-refractivity contribution in [2.24, 2.45) is 11.8 Å². The Bertz CT molecular complexity index is 603. The molecule has 2 N–H and O–H groups in total. The molecule has 2 heterocycles. The summed E-state index contributed by atoms with van der Waals surface area (Å²) in [6.07, 6.45) is 3.91. The lowest BCUT2D eigenvalue weighted by Crippen LogP contribution is -2.38. The summed E-state index contributed by atoms with van der Waals surface area (Å²) in [7, 11) is 0. The van der Waals surface area contributed by atoms with Crippen molar-refractivity contribution in [1.29, 1.82) is 0 Å². The summed E-state index contributed by atoms with van der Waals surface area (Å²) in [5.41, 5.74) is 1.95. The second-order valence-electron chi connectivity index (χ2n) is 7.37. The minimum Gasteiger partial charge on any atom is -0.381 e. The Morgan fingerprint density at radius 2 is 1.73 bits per heavy atom. The molecule has 0 aliphatic carbocycles. The van der Waals surface area contributed by atoms with E-state index in [1.165, 1.54) is 18.5 Å². The molecular weight excluding hydrogens is 330 g/mol. The van der Waals surface area contributed by atoms with Crippen LogP contribution in [0.4, 0.5) is 11.4 Å². The maximum atomic E-state index is 12.1. The Labute approximate surface area is 155 Å². The Morgan fingerprint density at radius 3 is 2.38 bits per heavy atom. The largest absolute Gasteiger partial charge is 0.381 e. The number of amides is 2. The molecule has 26 heavy (non-hydrogen) atoms. The van der Waals surface area contributed by atoms with Gasteiger partial charge in [0, 0.05) is 43.6 Å². The molecule has 0 radical (unpaired) electrons. The van der Waals surface area contributed by atoms with Gasteiger partial charge in [-0.25, -0.2) is 0 Å². The predicted molar refractivity (Wildman–Crippen MR) is 102 cm³/mol. The van der Waals surface area contributed by atoms with Crippen molar-refractivity contribution in [3.05, 3.63) is 24.3 Å². The fourth-order valence-electron chi connectivity index (χ4n) is 3.50. The molecule has 2 saturated heterocycles. The molecular formula is C20H29N3O3. The van der Waals surface area contributed by atoms with E-state index >= 15 is 0 Å². The van der Waals surface area contributed by atoms with E-state index in [2.05, 4.69) is 22.5 Å². The Kier molecular flexibility index (Phi) is 6.50. The van der Waals surface area contributed by atoms with E-state index in [0.717, 1.165) is 37.5 Å². The number of benzene rings is 1. The molecule has 0 aromatic heterocycles. The van der Waals surface area contributed by atoms with Gasteiger partial charge in [-0.3, -0.25) is 9.59 Å². The number of carbonyl (C=O) groups is 2. The van der Waals surface area contributed by atoms with Gasteiger partial charge in [0.1, 0.15) is 0 Å². The monoisotopic (exact) mass is 359 g/mol. The summed E-state index contributed by atoms with van der Waals surface area (Å²) in [6.45, 7) is 5.72. The Balaban J connectivity index is 1.43. The third kappa shape index (κ3) is 5.21. The van der Waals surface area contributed by atoms with Crippen molar-refractivity contribution in [2.75, 3.05) is 43.1 Å². The number of hydrogen-bond donors (Lipinski definition) is 2. The van der Waals surface area contributed by atoms with Gasteiger partial charge in [-0.15, -0.1) is 0 Å². The smallest absolute Gasteiger partial charge is 0.243 e. The molecule has 6 nitrogen and oxygen atoms in total. The van der Waals surface area contributed by atoms with E-state index in [1.807, 2.05) is 24.3 Å². The van der Waals surface area contributed by atoms with Crippen molar-refractivity contribution >= 4 is 23.2 Å². The summed E-state index contributed by atoms with van der Waals surface area (Å²) in [6, 6.07) is 7.94. The highest BCUT2D eigenvalue weighted by molar-refractivity contribution is 5.94. The molecule has 6 heteroatoms. The molecule has 0 spiro atoms. The van der Waals surface area contributed by atoms with Gasteiger partial charge in [0.25, 0.3) is 0 Å². The van der Waals surface area contributed by atoms with Crippen LogP contribution >= 0.6 is 0 Å². The third-order valence-corrected chi connectivity index (χ3v) is 5.32. The van der Waals surface area contributed by atoms with E-state index in [-0.39, 0.29) is 24.3 Å². The predicted octanol–water partition coefficient (Wildman–Crippen LogP) is 2.40. The Morgan fingerprint density at radius 1 is 1.08 bits per heavy atom. The number of piperidine rings is 1. The quantitative estimate of drug-likeness (QED) is 0.847. The van der Waals surface area contributed by atoms with Crippen LogP contribution in [-0.2, 0) is 14.3 Å². The topological polar surface area (TPSA) is 70.7 Å². The van der Waals surface area contributed by atoms with E-state index in [9.17, 15) is 9.59 Å². The first-order valence-corrected chi connectivity index (χ1v) is 9.62. The average Bonchev–Trinajstić information content (AvgIpc) is 2.68. The maximum absolute atomic E-state index is 12.1. The van der Waals surface area contributed by atoms with Crippen molar-refractivity contribution < 1.29 is 14.3 Å². The molecule has 2 amide bonds. The summed E-state index contributed by atoms with van der Waals surface area (Å²) in [5, 5.41) is 5.57. The first kappa shape index (κ1) is 18.7. The highest BCUT2D eigenvalue weighted by atomic mass is 16.5. The number of ether oxygens (including phenoxy) is 1. The molecule has 2 fully saturated rings. The first-order valence-electron chi connectivity index (χ1n) is 9.62. The zero-order valence-corrected chi connectivity index (χ0v) is 15.5. The summed E-state index contributed by atoms with van der Waals surface area (Å²) >= 11 is 0. The van der Waals surface area contributed by atoms with Crippen molar-refractivity contribution in [2.45, 2.75) is 32.6 Å². The number of hydrogen-bond acceptors (Lipinski definition) is 4. The zero-order valence-electron chi connectivity index (χ0n) is 15.5. The van der Waals surface area contributed by atoms with Crippen LogP contribution < -0.4 is 15.5 Å². The summed E-state index contributed by atoms with van der Waals surface area (Å²) in [5.74, 6) is 0.507. The van der Waals surface area contributed by atoms with Gasteiger partial charge in [0.15, 0.2) is 0 Å². The molecule has 3 rings (SSSR count). The molecule has 0 atom stereocenters. The van der Waals surface area contributed by atoms with Crippen molar-refractivity contribution in [3.63, 3.8) is 0 Å². The van der Waals surface area contributed by atoms with Crippen molar-refractivity contribution in [1.82, 2.24) is 5.32 Å². The number of carbonyl (C=O) groups excluding carboxylic acids is 2. The summed E-state index contributed by atoms with van der Waals surface area (Å²) in [4.78, 5) is 26.5. The van der Waals surface area contributed by atoms with Crippen LogP contribution in [0.25, 0.3) is 0 Å². The normalized spacial score (nSPS) is 19.2. The number of nitrogens with one attached hydrogen (secondary N) is 2. The van der Waals surface area contributed by atoms with Crippen LogP contribution in [0.2, 0.25) is 0 Å². The van der Waals surface area contributed by atoms with Crippen LogP contribution in [0.5, 0.6) is 0 Å². The minimum absolute atomic E-state index is 0.00194. The van der Waals surface area contributed by atoms with E-state index in [1.54, 1.807) is 0 Å². The van der Waals surface area contributed by atoms with E-state index in [4.69, 9.17) is 4.74 Å². The van der Waals surface area contributed by atoms with Crippen LogP contribution in [-0.4, -0.2) is 44.7 Å². The van der Waals surface area contributed by atoms with Gasteiger partial charge in [-0.05, 0) is 55.9 Å². The molecule has 2 aliphatic rings. The van der Waals surface area contributed by atoms with Crippen LogP contribution in [0.1, 0.15) is 32.6 Å². The molecule has 1 aromatic rings. The highest BCUT2D eigenvalue weighted by Gasteiger charge is 2.21. The average molecular weight is 359 g/mol. The molecule has 1 aromatic carbocycles. The third-order valence-electron chi connectivity index (χ3n) is 5.32. The fourth-order valence-corrected chi connectivity index (χ4v) is 3.50. The summed E-state index contributed by atoms with van der Waals surface area (Å²) < 4.78 is 5.25. The molecule has 0 bridgehead atoms. The highest BCUT2D eigenvalue weighted by Crippen LogP contribution is 2.24. The number of nitrogens with zero attached hydrogens (tertiary/aromatic N) is 1. The number of rotatable bonds is 5. The second-order valence-corrected chi connectivity index (χ2v) is 7.37. The van der Waals surface area contributed by atoms with E-state index < -0.39 is 0 Å². The number of anilines is 2. The molecule has 0 saturated carbocycles. The lowest BCUT2D eigenvalue weighted by Gasteiger charge is -2.32. The van der Waals surface area contributed by atoms with Crippen LogP contribution in [0.3, 0.4) is 0 Å². The van der Waals surface area contributed by atoms with Crippen molar-refractivity contribution in [3.8, 4) is 0 Å². The molecule has 2 aliphatic heterocycles. The van der Waals surface area contributed by atoms with Crippen LogP contribution in [0.15, 0.2) is 24.3 Å². The zero-order chi connectivity index (χ0) is 18.4. The second kappa shape index (κ2) is 9.03. The van der Waals surface area contributed by atoms with E-state index in [0.29, 0.717) is 13.2 Å². The Hall–Kier alpha value is -2.08. The lowest BCUT2D eigenvalue weighted by molar-refractivity contribution is -0.129. The maximum Gasteiger partial charge on any atom is 0.243 e. The molecule has 0 unspecified atom stereocenters.